The van der Waals surface area contributed by atoms with E-state index < -0.39 is 0 Å². The van der Waals surface area contributed by atoms with Gasteiger partial charge < -0.3 is 19.6 Å². The average Bonchev–Trinajstić information content (AvgIpc) is 2.81. The van der Waals surface area contributed by atoms with Crippen molar-refractivity contribution in [2.45, 2.75) is 73.1 Å². The highest BCUT2D eigenvalue weighted by molar-refractivity contribution is 7.71. The average molecular weight is 551 g/mol. The van der Waals surface area contributed by atoms with Crippen LogP contribution in [0, 0.1) is 9.02 Å². The van der Waals surface area contributed by atoms with E-state index in [-0.39, 0.29) is 21.7 Å². The fraction of sp³-hybridized carbons (Fsp3) is 0.724. The van der Waals surface area contributed by atoms with Gasteiger partial charge in [-0.1, -0.05) is 86.7 Å². The molecular weight excluding hydrogens is 500 g/mol. The van der Waals surface area contributed by atoms with Gasteiger partial charge in [0.1, 0.15) is 0 Å². The molecule has 0 fully saturated rings. The molecule has 0 unspecified atom stereocenters. The fourth-order valence-corrected chi connectivity index (χ4v) is 5.41. The van der Waals surface area contributed by atoms with E-state index in [2.05, 4.69) is 84.1 Å². The number of nitrogens with zero attached hydrogens (tertiary/aromatic N) is 4. The molecular formula is C29H50N4O2S2. The van der Waals surface area contributed by atoms with Gasteiger partial charge >= 0.3 is 0 Å². The van der Waals surface area contributed by atoms with Crippen LogP contribution in [-0.4, -0.2) is 76.8 Å². The van der Waals surface area contributed by atoms with E-state index in [4.69, 9.17) is 24.4 Å². The predicted octanol–water partition coefficient (Wildman–Crippen LogP) is 5.06. The van der Waals surface area contributed by atoms with Crippen LogP contribution in [0.15, 0.2) is 9.59 Å². The molecule has 0 bridgehead atoms. The van der Waals surface area contributed by atoms with E-state index in [1.54, 1.807) is 0 Å². The zero-order valence-corrected chi connectivity index (χ0v) is 27.0. The van der Waals surface area contributed by atoms with Crippen molar-refractivity contribution in [3.63, 3.8) is 0 Å². The summed E-state index contributed by atoms with van der Waals surface area (Å²) in [6.07, 6.45) is 0. The first-order chi connectivity index (χ1) is 16.9. The Labute approximate surface area is 235 Å². The molecule has 0 aromatic heterocycles. The monoisotopic (exact) mass is 550 g/mol. The molecule has 0 radical (unpaired) electrons. The summed E-state index contributed by atoms with van der Waals surface area (Å²) in [6, 6.07) is 0. The van der Waals surface area contributed by atoms with E-state index in [9.17, 15) is 9.59 Å². The molecule has 0 aliphatic carbocycles. The lowest BCUT2D eigenvalue weighted by molar-refractivity contribution is 0.311. The van der Waals surface area contributed by atoms with Crippen molar-refractivity contribution in [3.05, 3.63) is 40.6 Å². The van der Waals surface area contributed by atoms with Crippen LogP contribution in [0.4, 0.5) is 11.4 Å². The first-order valence-corrected chi connectivity index (χ1v) is 14.3. The summed E-state index contributed by atoms with van der Waals surface area (Å²) in [4.78, 5) is 32.6. The second-order valence-electron chi connectivity index (χ2n) is 12.0. The second-order valence-corrected chi connectivity index (χ2v) is 12.8. The maximum atomic E-state index is 12.0. The Morgan fingerprint density at radius 2 is 0.946 bits per heavy atom. The molecule has 0 saturated carbocycles. The molecule has 2 rings (SSSR count). The Morgan fingerprint density at radius 1 is 0.595 bits per heavy atom. The number of rotatable bonds is 11. The molecule has 2 aromatic rings. The van der Waals surface area contributed by atoms with Crippen molar-refractivity contribution >= 4 is 35.8 Å². The van der Waals surface area contributed by atoms with E-state index in [1.807, 2.05) is 19.0 Å². The molecule has 210 valence electrons. The van der Waals surface area contributed by atoms with Gasteiger partial charge in [0.25, 0.3) is 0 Å². The molecule has 2 aromatic carbocycles. The van der Waals surface area contributed by atoms with Crippen molar-refractivity contribution < 1.29 is 0 Å². The van der Waals surface area contributed by atoms with Crippen LogP contribution >= 0.6 is 24.4 Å². The van der Waals surface area contributed by atoms with Gasteiger partial charge in [0, 0.05) is 51.4 Å². The van der Waals surface area contributed by atoms with Crippen molar-refractivity contribution in [2.75, 3.05) is 76.8 Å². The van der Waals surface area contributed by atoms with Gasteiger partial charge in [0.05, 0.1) is 20.4 Å². The summed E-state index contributed by atoms with van der Waals surface area (Å²) in [5.41, 5.74) is 3.72. The minimum Gasteiger partial charge on any atom is -0.370 e. The Hall–Kier alpha value is -1.48. The third-order valence-electron chi connectivity index (χ3n) is 7.04. The molecule has 37 heavy (non-hydrogen) atoms. The number of hydrogen-bond acceptors (Lipinski definition) is 8. The van der Waals surface area contributed by atoms with E-state index in [0.29, 0.717) is 9.02 Å². The molecule has 0 spiro atoms. The highest BCUT2D eigenvalue weighted by Crippen LogP contribution is 2.33. The van der Waals surface area contributed by atoms with Gasteiger partial charge in [-0.3, -0.25) is 9.59 Å². The maximum Gasteiger partial charge on any atom is 0.220 e. The van der Waals surface area contributed by atoms with Crippen molar-refractivity contribution in [1.29, 1.82) is 0 Å². The molecule has 8 heteroatoms. The van der Waals surface area contributed by atoms with Crippen LogP contribution < -0.4 is 20.7 Å². The summed E-state index contributed by atoms with van der Waals surface area (Å²) in [6.45, 7) is 25.8. The van der Waals surface area contributed by atoms with Crippen LogP contribution in [-0.2, 0) is 10.8 Å². The van der Waals surface area contributed by atoms with E-state index in [0.717, 1.165) is 68.3 Å². The fourth-order valence-electron chi connectivity index (χ4n) is 4.41. The zero-order chi connectivity index (χ0) is 28.9. The Kier molecular flexibility index (Phi) is 12.3. The SMILES string of the molecule is CCN(C)CCN(C)c1c(C(C)(C)C)c(=S)c1=O.CCN(CC)CCN(C)c1c(C(C)(C)C)c(=S)c1=O. The quantitative estimate of drug-likeness (QED) is 0.360. The minimum atomic E-state index is -0.0518. The molecule has 0 N–H and O–H groups in total. The first-order valence-electron chi connectivity index (χ1n) is 13.4. The molecule has 0 heterocycles. The molecule has 0 amide bonds. The first kappa shape index (κ1) is 33.5. The second kappa shape index (κ2) is 13.5. The van der Waals surface area contributed by atoms with Gasteiger partial charge in [-0.2, -0.15) is 0 Å². The third-order valence-corrected chi connectivity index (χ3v) is 7.82. The van der Waals surface area contributed by atoms with E-state index in [1.165, 1.54) is 0 Å². The Morgan fingerprint density at radius 3 is 1.24 bits per heavy atom. The largest absolute Gasteiger partial charge is 0.370 e. The predicted molar refractivity (Wildman–Crippen MR) is 167 cm³/mol. The molecule has 0 saturated heterocycles. The Bertz CT molecular complexity index is 1160. The van der Waals surface area contributed by atoms with Gasteiger partial charge in [-0.25, -0.2) is 0 Å². The van der Waals surface area contributed by atoms with Gasteiger partial charge in [-0.15, -0.1) is 0 Å². The third kappa shape index (κ3) is 8.25. The number of hydrogen-bond donors (Lipinski definition) is 0. The zero-order valence-electron chi connectivity index (χ0n) is 25.4. The molecule has 0 aliphatic rings. The summed E-state index contributed by atoms with van der Waals surface area (Å²) in [5.74, 6) is 0. The minimum absolute atomic E-state index is 0.0385. The number of anilines is 2. The van der Waals surface area contributed by atoms with E-state index >= 15 is 0 Å². The van der Waals surface area contributed by atoms with Crippen molar-refractivity contribution in [3.8, 4) is 0 Å². The van der Waals surface area contributed by atoms with Gasteiger partial charge in [-0.05, 0) is 37.5 Å². The van der Waals surface area contributed by atoms with Crippen LogP contribution in [0.1, 0.15) is 73.4 Å². The van der Waals surface area contributed by atoms with Crippen LogP contribution in [0.3, 0.4) is 0 Å². The molecule has 6 nitrogen and oxygen atoms in total. The topological polar surface area (TPSA) is 47.1 Å². The summed E-state index contributed by atoms with van der Waals surface area (Å²) >= 11 is 10.4. The molecule has 0 atom stereocenters. The van der Waals surface area contributed by atoms with Gasteiger partial charge in [0.15, 0.2) is 0 Å². The van der Waals surface area contributed by atoms with Crippen molar-refractivity contribution in [2.24, 2.45) is 0 Å². The van der Waals surface area contributed by atoms with Crippen LogP contribution in [0.25, 0.3) is 0 Å². The highest BCUT2D eigenvalue weighted by Gasteiger charge is 2.30. The van der Waals surface area contributed by atoms with Crippen LogP contribution in [0.5, 0.6) is 0 Å². The standard InChI is InChI=1S/C15H26N2OS.C14H24N2OS/c1-7-17(8-2)10-9-16(6)12-11(15(3,4)5)14(19)13(12)18;1-7-15(5)8-9-16(6)11-10(14(2,3)4)13(18)12(11)17/h7-10H2,1-6H3;7-9H2,1-6H3. The summed E-state index contributed by atoms with van der Waals surface area (Å²) < 4.78 is 1.05. The van der Waals surface area contributed by atoms with Crippen LogP contribution in [0.2, 0.25) is 0 Å². The normalized spacial score (nSPS) is 12.4. The lowest BCUT2D eigenvalue weighted by Crippen LogP contribution is -2.39. The summed E-state index contributed by atoms with van der Waals surface area (Å²) in [5, 5.41) is 0. The lowest BCUT2D eigenvalue weighted by atomic mass is 9.82. The smallest absolute Gasteiger partial charge is 0.220 e. The summed E-state index contributed by atoms with van der Waals surface area (Å²) in [7, 11) is 6.05. The van der Waals surface area contributed by atoms with Gasteiger partial charge in [0.2, 0.25) is 10.9 Å². The van der Waals surface area contributed by atoms with Crippen molar-refractivity contribution in [1.82, 2.24) is 9.80 Å². The highest BCUT2D eigenvalue weighted by atomic mass is 32.1. The number of likely N-dealkylation sites (N-methyl/N-ethyl adjacent to an activating group) is 4. The lowest BCUT2D eigenvalue weighted by Gasteiger charge is -2.32. The maximum absolute atomic E-state index is 12.0. The molecule has 0 aliphatic heterocycles. The Balaban J connectivity index is 0.000000371.